The number of nitro groups is 1. The molecule has 152 valence electrons. The second kappa shape index (κ2) is 9.45. The standard InChI is InChI=1S/C20H22N4O5/c1-12(2)21-20(27)16-9-4-5-10-17(16)23-18(25)13(3)22-19(26)14-7-6-8-15(11-14)24(28)29/h4-13H,1-3H3,(H,21,27)(H,22,26)(H,23,25). The Hall–Kier alpha value is -3.75. The number of nitrogens with one attached hydrogen (secondary N) is 3. The number of rotatable bonds is 7. The van der Waals surface area contributed by atoms with Crippen LogP contribution in [0.1, 0.15) is 41.5 Å². The number of anilines is 1. The van der Waals surface area contributed by atoms with Gasteiger partial charge in [-0.05, 0) is 39.0 Å². The fourth-order valence-electron chi connectivity index (χ4n) is 2.48. The molecule has 0 spiro atoms. The van der Waals surface area contributed by atoms with Crippen molar-refractivity contribution in [3.63, 3.8) is 0 Å². The summed E-state index contributed by atoms with van der Waals surface area (Å²) in [6, 6.07) is 10.7. The normalized spacial score (nSPS) is 11.4. The zero-order valence-electron chi connectivity index (χ0n) is 16.3. The van der Waals surface area contributed by atoms with Crippen molar-refractivity contribution in [2.24, 2.45) is 0 Å². The van der Waals surface area contributed by atoms with Gasteiger partial charge in [0.25, 0.3) is 17.5 Å². The number of carbonyl (C=O) groups is 3. The number of para-hydroxylation sites is 1. The average Bonchev–Trinajstić information content (AvgIpc) is 2.67. The van der Waals surface area contributed by atoms with E-state index < -0.39 is 22.8 Å². The van der Waals surface area contributed by atoms with E-state index in [0.29, 0.717) is 11.3 Å². The molecule has 1 atom stereocenters. The Morgan fingerprint density at radius 1 is 0.931 bits per heavy atom. The number of hydrogen-bond donors (Lipinski definition) is 3. The predicted molar refractivity (Wildman–Crippen MR) is 108 cm³/mol. The van der Waals surface area contributed by atoms with Crippen LogP contribution in [0.2, 0.25) is 0 Å². The topological polar surface area (TPSA) is 130 Å². The van der Waals surface area contributed by atoms with E-state index in [1.807, 2.05) is 13.8 Å². The van der Waals surface area contributed by atoms with Crippen LogP contribution in [0.3, 0.4) is 0 Å². The highest BCUT2D eigenvalue weighted by molar-refractivity contribution is 6.06. The van der Waals surface area contributed by atoms with Crippen LogP contribution in [0.15, 0.2) is 48.5 Å². The van der Waals surface area contributed by atoms with E-state index in [0.717, 1.165) is 6.07 Å². The maximum absolute atomic E-state index is 12.5. The molecule has 0 aliphatic rings. The summed E-state index contributed by atoms with van der Waals surface area (Å²) in [5.74, 6) is -1.49. The molecule has 0 aliphatic carbocycles. The van der Waals surface area contributed by atoms with Crippen molar-refractivity contribution in [1.82, 2.24) is 10.6 Å². The average molecular weight is 398 g/mol. The van der Waals surface area contributed by atoms with Crippen LogP contribution in [0.25, 0.3) is 0 Å². The van der Waals surface area contributed by atoms with Crippen LogP contribution < -0.4 is 16.0 Å². The molecule has 0 saturated carbocycles. The van der Waals surface area contributed by atoms with Crippen molar-refractivity contribution in [3.8, 4) is 0 Å². The minimum absolute atomic E-state index is 0.0653. The third-order valence-corrected chi connectivity index (χ3v) is 3.91. The summed E-state index contributed by atoms with van der Waals surface area (Å²) in [6.07, 6.45) is 0. The minimum Gasteiger partial charge on any atom is -0.350 e. The molecule has 0 fully saturated rings. The summed E-state index contributed by atoms with van der Waals surface area (Å²) in [7, 11) is 0. The van der Waals surface area contributed by atoms with Crippen molar-refractivity contribution in [2.75, 3.05) is 5.32 Å². The van der Waals surface area contributed by atoms with Crippen LogP contribution in [-0.2, 0) is 4.79 Å². The summed E-state index contributed by atoms with van der Waals surface area (Å²) >= 11 is 0. The first kappa shape index (κ1) is 21.5. The zero-order valence-corrected chi connectivity index (χ0v) is 16.3. The number of nitrogens with zero attached hydrogens (tertiary/aromatic N) is 1. The second-order valence-electron chi connectivity index (χ2n) is 6.67. The Balaban J connectivity index is 2.08. The number of nitro benzene ring substituents is 1. The van der Waals surface area contributed by atoms with Crippen molar-refractivity contribution in [1.29, 1.82) is 0 Å². The minimum atomic E-state index is -0.942. The first-order valence-electron chi connectivity index (χ1n) is 8.95. The highest BCUT2D eigenvalue weighted by Crippen LogP contribution is 2.16. The van der Waals surface area contributed by atoms with Gasteiger partial charge in [-0.25, -0.2) is 0 Å². The summed E-state index contributed by atoms with van der Waals surface area (Å²) in [4.78, 5) is 47.3. The lowest BCUT2D eigenvalue weighted by molar-refractivity contribution is -0.384. The van der Waals surface area contributed by atoms with Crippen molar-refractivity contribution >= 4 is 29.1 Å². The van der Waals surface area contributed by atoms with Crippen LogP contribution in [0, 0.1) is 10.1 Å². The Kier molecular flexibility index (Phi) is 7.02. The number of benzene rings is 2. The number of hydrogen-bond acceptors (Lipinski definition) is 5. The summed E-state index contributed by atoms with van der Waals surface area (Å²) < 4.78 is 0. The molecule has 3 amide bonds. The number of amides is 3. The molecule has 9 nitrogen and oxygen atoms in total. The number of non-ortho nitro benzene ring substituents is 1. The lowest BCUT2D eigenvalue weighted by atomic mass is 10.1. The number of carbonyl (C=O) groups excluding carboxylic acids is 3. The third-order valence-electron chi connectivity index (χ3n) is 3.91. The Bertz CT molecular complexity index is 942. The van der Waals surface area contributed by atoms with Crippen molar-refractivity contribution in [2.45, 2.75) is 32.9 Å². The molecule has 0 heterocycles. The maximum Gasteiger partial charge on any atom is 0.270 e. The van der Waals surface area contributed by atoms with Gasteiger partial charge in [0, 0.05) is 23.7 Å². The largest absolute Gasteiger partial charge is 0.350 e. The molecule has 1 unspecified atom stereocenters. The highest BCUT2D eigenvalue weighted by atomic mass is 16.6. The summed E-state index contributed by atoms with van der Waals surface area (Å²) in [5.41, 5.74) is 0.453. The second-order valence-corrected chi connectivity index (χ2v) is 6.67. The highest BCUT2D eigenvalue weighted by Gasteiger charge is 2.20. The van der Waals surface area contributed by atoms with Gasteiger partial charge >= 0.3 is 0 Å². The van der Waals surface area contributed by atoms with Gasteiger partial charge in [0.2, 0.25) is 5.91 Å². The van der Waals surface area contributed by atoms with Crippen molar-refractivity contribution < 1.29 is 19.3 Å². The van der Waals surface area contributed by atoms with Gasteiger partial charge in [-0.3, -0.25) is 24.5 Å². The smallest absolute Gasteiger partial charge is 0.270 e. The Labute approximate surface area is 167 Å². The van der Waals surface area contributed by atoms with Crippen molar-refractivity contribution in [3.05, 3.63) is 69.8 Å². The fourth-order valence-corrected chi connectivity index (χ4v) is 2.48. The van der Waals surface area contributed by atoms with Crippen LogP contribution in [-0.4, -0.2) is 34.7 Å². The van der Waals surface area contributed by atoms with Gasteiger partial charge in [0.15, 0.2) is 0 Å². The molecule has 3 N–H and O–H groups in total. The predicted octanol–water partition coefficient (Wildman–Crippen LogP) is 2.49. The molecular weight excluding hydrogens is 376 g/mol. The first-order chi connectivity index (χ1) is 13.7. The molecule has 2 aromatic carbocycles. The molecule has 0 aromatic heterocycles. The molecule has 2 aromatic rings. The lowest BCUT2D eigenvalue weighted by Crippen LogP contribution is -2.42. The Morgan fingerprint density at radius 3 is 2.28 bits per heavy atom. The van der Waals surface area contributed by atoms with Crippen LogP contribution in [0.4, 0.5) is 11.4 Å². The SMILES string of the molecule is CC(C)NC(=O)c1ccccc1NC(=O)C(C)NC(=O)c1cccc([N+](=O)[O-])c1. The summed E-state index contributed by atoms with van der Waals surface area (Å²) in [5, 5.41) is 18.7. The van der Waals surface area contributed by atoms with Gasteiger partial charge in [-0.15, -0.1) is 0 Å². The molecule has 29 heavy (non-hydrogen) atoms. The van der Waals surface area contributed by atoms with E-state index in [9.17, 15) is 24.5 Å². The van der Waals surface area contributed by atoms with E-state index in [-0.39, 0.29) is 23.2 Å². The summed E-state index contributed by atoms with van der Waals surface area (Å²) in [6.45, 7) is 5.12. The van der Waals surface area contributed by atoms with Gasteiger partial charge in [-0.2, -0.15) is 0 Å². The third kappa shape index (κ3) is 5.86. The van der Waals surface area contributed by atoms with Crippen LogP contribution in [0.5, 0.6) is 0 Å². The fraction of sp³-hybridized carbons (Fsp3) is 0.250. The molecule has 0 aliphatic heterocycles. The maximum atomic E-state index is 12.5. The van der Waals surface area contributed by atoms with E-state index in [1.54, 1.807) is 24.3 Å². The van der Waals surface area contributed by atoms with Crippen LogP contribution >= 0.6 is 0 Å². The van der Waals surface area contributed by atoms with E-state index in [1.165, 1.54) is 25.1 Å². The zero-order chi connectivity index (χ0) is 21.6. The van der Waals surface area contributed by atoms with Gasteiger partial charge in [-0.1, -0.05) is 18.2 Å². The molecular formula is C20H22N4O5. The van der Waals surface area contributed by atoms with E-state index in [4.69, 9.17) is 0 Å². The van der Waals surface area contributed by atoms with E-state index >= 15 is 0 Å². The molecule has 9 heteroatoms. The van der Waals surface area contributed by atoms with E-state index in [2.05, 4.69) is 16.0 Å². The van der Waals surface area contributed by atoms with Gasteiger partial charge in [0.1, 0.15) is 6.04 Å². The molecule has 2 rings (SSSR count). The first-order valence-corrected chi connectivity index (χ1v) is 8.95. The monoisotopic (exact) mass is 398 g/mol. The lowest BCUT2D eigenvalue weighted by Gasteiger charge is -2.17. The quantitative estimate of drug-likeness (QED) is 0.487. The Morgan fingerprint density at radius 2 is 1.62 bits per heavy atom. The molecule has 0 bridgehead atoms. The molecule has 0 saturated heterocycles. The van der Waals surface area contributed by atoms with Gasteiger partial charge in [0.05, 0.1) is 16.2 Å². The molecule has 0 radical (unpaired) electrons. The van der Waals surface area contributed by atoms with Gasteiger partial charge < -0.3 is 16.0 Å².